The van der Waals surface area contributed by atoms with Gasteiger partial charge in [-0.2, -0.15) is 12.3 Å². The Morgan fingerprint density at radius 2 is 1.84 bits per heavy atom. The van der Waals surface area contributed by atoms with Crippen LogP contribution in [0.3, 0.4) is 0 Å². The molecule has 6 nitrogen and oxygen atoms in total. The number of benzene rings is 1. The number of quaternary nitrogens is 1. The van der Waals surface area contributed by atoms with Gasteiger partial charge in [0.2, 0.25) is 0 Å². The van der Waals surface area contributed by atoms with E-state index in [1.165, 1.54) is 26.2 Å². The second-order valence-corrected chi connectivity index (χ2v) is 6.81. The quantitative estimate of drug-likeness (QED) is 0.611. The Morgan fingerprint density at radius 1 is 1.26 bits per heavy atom. The summed E-state index contributed by atoms with van der Waals surface area (Å²) in [5.41, 5.74) is -0.193. The molecule has 102 valence electrons. The summed E-state index contributed by atoms with van der Waals surface area (Å²) in [6.07, 6.45) is 0. The molecule has 2 rings (SSSR count). The predicted molar refractivity (Wildman–Crippen MR) is 67.3 cm³/mol. The highest BCUT2D eigenvalue weighted by Crippen LogP contribution is 2.39. The zero-order chi connectivity index (χ0) is 14.4. The highest BCUT2D eigenvalue weighted by atomic mass is 32.2. The van der Waals surface area contributed by atoms with E-state index in [2.05, 4.69) is 4.74 Å². The van der Waals surface area contributed by atoms with E-state index in [1.54, 1.807) is 12.1 Å². The van der Waals surface area contributed by atoms with E-state index in [9.17, 15) is 18.3 Å². The molecule has 1 aliphatic heterocycles. The summed E-state index contributed by atoms with van der Waals surface area (Å²) < 4.78 is 28.8. The number of methoxy groups -OCH3 is 1. The number of carbonyl (C=O) groups excluding carboxylic acids is 1. The zero-order valence-corrected chi connectivity index (χ0v) is 11.6. The Balaban J connectivity index is 2.91. The Kier molecular flexibility index (Phi) is 2.91. The van der Waals surface area contributed by atoms with Crippen molar-refractivity contribution in [1.82, 2.24) is 0 Å². The van der Waals surface area contributed by atoms with Gasteiger partial charge in [0.05, 0.1) is 21.2 Å². The van der Waals surface area contributed by atoms with Crippen molar-refractivity contribution in [3.8, 4) is 0 Å². The second-order valence-electron chi connectivity index (χ2n) is 4.51. The third-order valence-corrected chi connectivity index (χ3v) is 5.46. The summed E-state index contributed by atoms with van der Waals surface area (Å²) in [7, 11) is -0.0776. The SMILES string of the molecule is COC(=O)C1=C(O)c2ccccc2S(=O)(=O)[N+]1(C)C. The van der Waals surface area contributed by atoms with E-state index in [1.807, 2.05) is 0 Å². The molecule has 1 heterocycles. The number of sulfonamides is 1. The number of aliphatic hydroxyl groups is 1. The summed E-state index contributed by atoms with van der Waals surface area (Å²) in [6, 6.07) is 6.00. The van der Waals surface area contributed by atoms with Gasteiger partial charge in [0, 0.05) is 5.56 Å². The summed E-state index contributed by atoms with van der Waals surface area (Å²) >= 11 is 0. The summed E-state index contributed by atoms with van der Waals surface area (Å²) in [6.45, 7) is 0. The van der Waals surface area contributed by atoms with Gasteiger partial charge in [-0.1, -0.05) is 12.1 Å². The molecule has 0 atom stereocenters. The predicted octanol–water partition coefficient (Wildman–Crippen LogP) is 0.865. The maximum absolute atomic E-state index is 12.5. The van der Waals surface area contributed by atoms with Gasteiger partial charge in [-0.05, 0) is 12.1 Å². The molecule has 0 aliphatic carbocycles. The number of esters is 1. The molecule has 0 saturated carbocycles. The molecule has 1 N–H and O–H groups in total. The zero-order valence-electron chi connectivity index (χ0n) is 10.7. The summed E-state index contributed by atoms with van der Waals surface area (Å²) in [5, 5.41) is 10.2. The van der Waals surface area contributed by atoms with Gasteiger partial charge >= 0.3 is 16.0 Å². The van der Waals surface area contributed by atoms with Crippen LogP contribution in [0.15, 0.2) is 34.9 Å². The third-order valence-electron chi connectivity index (χ3n) is 3.16. The molecular formula is C12H14NO5S+. The highest BCUT2D eigenvalue weighted by molar-refractivity contribution is 7.86. The fourth-order valence-corrected chi connectivity index (χ4v) is 3.64. The van der Waals surface area contributed by atoms with Crippen molar-refractivity contribution in [2.45, 2.75) is 4.90 Å². The number of hydrogen-bond acceptors (Lipinski definition) is 5. The highest BCUT2D eigenvalue weighted by Gasteiger charge is 2.51. The Hall–Kier alpha value is -1.86. The van der Waals surface area contributed by atoms with Gasteiger partial charge in [-0.25, -0.2) is 4.79 Å². The molecule has 19 heavy (non-hydrogen) atoms. The molecule has 7 heteroatoms. The minimum atomic E-state index is -3.84. The Morgan fingerprint density at radius 3 is 2.42 bits per heavy atom. The first-order chi connectivity index (χ1) is 8.75. The van der Waals surface area contributed by atoms with Crippen LogP contribution in [0.1, 0.15) is 5.56 Å². The van der Waals surface area contributed by atoms with E-state index >= 15 is 0 Å². The maximum atomic E-state index is 12.5. The monoisotopic (exact) mass is 284 g/mol. The van der Waals surface area contributed by atoms with Gasteiger partial charge in [-0.3, -0.25) is 0 Å². The molecule has 0 radical (unpaired) electrons. The van der Waals surface area contributed by atoms with Crippen molar-refractivity contribution < 1.29 is 26.9 Å². The lowest BCUT2D eigenvalue weighted by atomic mass is 10.1. The molecular weight excluding hydrogens is 270 g/mol. The van der Waals surface area contributed by atoms with E-state index < -0.39 is 19.9 Å². The van der Waals surface area contributed by atoms with Crippen molar-refractivity contribution in [2.24, 2.45) is 0 Å². The van der Waals surface area contributed by atoms with Crippen LogP contribution in [0, 0.1) is 0 Å². The van der Waals surface area contributed by atoms with Crippen LogP contribution in [0.25, 0.3) is 5.76 Å². The van der Waals surface area contributed by atoms with Gasteiger partial charge in [0.1, 0.15) is 4.90 Å². The van der Waals surface area contributed by atoms with Crippen LogP contribution in [0.5, 0.6) is 0 Å². The third kappa shape index (κ3) is 1.66. The topological polar surface area (TPSA) is 80.7 Å². The van der Waals surface area contributed by atoms with Gasteiger partial charge in [0.15, 0.2) is 5.76 Å². The molecule has 0 fully saturated rings. The van der Waals surface area contributed by atoms with Crippen molar-refractivity contribution in [2.75, 3.05) is 21.2 Å². The first kappa shape index (κ1) is 13.6. The molecule has 0 aromatic heterocycles. The van der Waals surface area contributed by atoms with Crippen LogP contribution >= 0.6 is 0 Å². The lowest BCUT2D eigenvalue weighted by Crippen LogP contribution is -2.49. The average Bonchev–Trinajstić information content (AvgIpc) is 2.36. The van der Waals surface area contributed by atoms with E-state index in [0.29, 0.717) is 0 Å². The number of aliphatic hydroxyl groups excluding tert-OH is 1. The van der Waals surface area contributed by atoms with Crippen LogP contribution in [0.4, 0.5) is 0 Å². The molecule has 0 saturated heterocycles. The summed E-state index contributed by atoms with van der Waals surface area (Å²) in [5.74, 6) is -1.25. The largest absolute Gasteiger partial charge is 0.502 e. The molecule has 0 unspecified atom stereocenters. The smallest absolute Gasteiger partial charge is 0.397 e. The fourth-order valence-electron chi connectivity index (χ4n) is 2.05. The Bertz CT molecular complexity index is 688. The van der Waals surface area contributed by atoms with Crippen molar-refractivity contribution in [3.63, 3.8) is 0 Å². The minimum absolute atomic E-state index is 0.00912. The number of hydrogen-bond donors (Lipinski definition) is 1. The molecule has 1 aromatic rings. The first-order valence-electron chi connectivity index (χ1n) is 5.46. The number of likely N-dealkylation sites (N-methyl/N-ethyl adjacent to an activating group) is 1. The number of carbonyl (C=O) groups is 1. The number of nitrogens with zero attached hydrogens (tertiary/aromatic N) is 1. The molecule has 0 spiro atoms. The Labute approximate surface area is 111 Å². The lowest BCUT2D eigenvalue weighted by molar-refractivity contribution is -0.715. The van der Waals surface area contributed by atoms with E-state index in [0.717, 1.165) is 7.11 Å². The minimum Gasteiger partial charge on any atom is -0.502 e. The second kappa shape index (κ2) is 4.07. The first-order valence-corrected chi connectivity index (χ1v) is 6.90. The fraction of sp³-hybridized carbons (Fsp3) is 0.250. The van der Waals surface area contributed by atoms with Gasteiger partial charge in [0.25, 0.3) is 5.70 Å². The standard InChI is InChI=1S/C12H13NO5S/c1-13(2)10(12(15)18-3)11(14)8-6-4-5-7-9(8)19(13,16)17/h4-7H,1-3H3/p+1. The van der Waals surface area contributed by atoms with Gasteiger partial charge < -0.3 is 9.84 Å². The lowest BCUT2D eigenvalue weighted by Gasteiger charge is -2.32. The van der Waals surface area contributed by atoms with Crippen molar-refractivity contribution in [1.29, 1.82) is 0 Å². The van der Waals surface area contributed by atoms with Crippen LogP contribution in [-0.2, 0) is 19.6 Å². The van der Waals surface area contributed by atoms with Crippen molar-refractivity contribution >= 4 is 21.8 Å². The average molecular weight is 284 g/mol. The van der Waals surface area contributed by atoms with E-state index in [-0.39, 0.29) is 21.9 Å². The number of ether oxygens (including phenoxy) is 1. The molecule has 0 amide bonds. The van der Waals surface area contributed by atoms with E-state index in [4.69, 9.17) is 0 Å². The molecule has 0 bridgehead atoms. The van der Waals surface area contributed by atoms with Crippen LogP contribution < -0.4 is 0 Å². The van der Waals surface area contributed by atoms with Crippen molar-refractivity contribution in [3.05, 3.63) is 35.5 Å². The normalized spacial score (nSPS) is 19.7. The molecule has 1 aromatic carbocycles. The number of rotatable bonds is 1. The number of fused-ring (bicyclic) bond motifs is 1. The summed E-state index contributed by atoms with van der Waals surface area (Å²) in [4.78, 5) is 11.8. The van der Waals surface area contributed by atoms with Crippen LogP contribution in [0.2, 0.25) is 0 Å². The van der Waals surface area contributed by atoms with Crippen LogP contribution in [-0.4, -0.2) is 44.6 Å². The maximum Gasteiger partial charge on any atom is 0.397 e. The van der Waals surface area contributed by atoms with Gasteiger partial charge in [-0.15, -0.1) is 0 Å². The molecule has 1 aliphatic rings.